The molecule has 2 heterocycles. The lowest BCUT2D eigenvalue weighted by Crippen LogP contribution is -2.32. The molecule has 5 heteroatoms. The van der Waals surface area contributed by atoms with Gasteiger partial charge in [-0.05, 0) is 38.1 Å². The summed E-state index contributed by atoms with van der Waals surface area (Å²) in [5.74, 6) is -0.810. The molecule has 0 bridgehead atoms. The van der Waals surface area contributed by atoms with E-state index >= 15 is 0 Å². The van der Waals surface area contributed by atoms with E-state index in [1.807, 2.05) is 11.0 Å². The highest BCUT2D eigenvalue weighted by Crippen LogP contribution is 2.23. The van der Waals surface area contributed by atoms with Gasteiger partial charge in [0.05, 0.1) is 5.69 Å². The van der Waals surface area contributed by atoms with E-state index in [4.69, 9.17) is 0 Å². The van der Waals surface area contributed by atoms with Crippen molar-refractivity contribution in [3.8, 4) is 0 Å². The minimum absolute atomic E-state index is 0. The maximum atomic E-state index is 11.2. The van der Waals surface area contributed by atoms with Crippen LogP contribution < -0.4 is 0 Å². The number of hydrogen-bond donors (Lipinski definition) is 1. The molecule has 0 radical (unpaired) electrons. The third-order valence-corrected chi connectivity index (χ3v) is 2.71. The van der Waals surface area contributed by atoms with Crippen LogP contribution >= 0.6 is 12.4 Å². The molecule has 0 spiro atoms. The monoisotopic (exact) mass is 242 g/mol. The maximum Gasteiger partial charge on any atom is 0.327 e. The summed E-state index contributed by atoms with van der Waals surface area (Å²) in [6.07, 6.45) is 3.80. The lowest BCUT2D eigenvalue weighted by atomic mass is 10.1. The van der Waals surface area contributed by atoms with Gasteiger partial charge in [0.15, 0.2) is 6.04 Å². The molecule has 4 nitrogen and oxygen atoms in total. The number of carboxylic acids is 1. The number of halogens is 1. The van der Waals surface area contributed by atoms with Crippen LogP contribution in [0.4, 0.5) is 0 Å². The van der Waals surface area contributed by atoms with Crippen LogP contribution in [-0.4, -0.2) is 34.0 Å². The molecule has 1 fully saturated rings. The van der Waals surface area contributed by atoms with E-state index in [1.54, 1.807) is 18.3 Å². The van der Waals surface area contributed by atoms with Crippen LogP contribution in [0.15, 0.2) is 24.4 Å². The number of aromatic nitrogens is 1. The van der Waals surface area contributed by atoms with E-state index in [0.29, 0.717) is 5.69 Å². The van der Waals surface area contributed by atoms with Gasteiger partial charge < -0.3 is 5.11 Å². The Hall–Kier alpha value is -1.13. The number of aliphatic carboxylic acids is 1. The third-order valence-electron chi connectivity index (χ3n) is 2.71. The zero-order chi connectivity index (χ0) is 10.7. The number of hydrogen-bond acceptors (Lipinski definition) is 3. The van der Waals surface area contributed by atoms with Crippen LogP contribution in [0.1, 0.15) is 24.6 Å². The fourth-order valence-electron chi connectivity index (χ4n) is 2.01. The van der Waals surface area contributed by atoms with Crippen molar-refractivity contribution in [3.63, 3.8) is 0 Å². The molecular formula is C11H15ClN2O2. The summed E-state index contributed by atoms with van der Waals surface area (Å²) in [5.41, 5.74) is 0.631. The van der Waals surface area contributed by atoms with Crippen molar-refractivity contribution < 1.29 is 9.90 Å². The van der Waals surface area contributed by atoms with Crippen molar-refractivity contribution in [2.45, 2.75) is 18.9 Å². The third kappa shape index (κ3) is 2.71. The molecule has 16 heavy (non-hydrogen) atoms. The highest BCUT2D eigenvalue weighted by atomic mass is 35.5. The average Bonchev–Trinajstić information content (AvgIpc) is 2.72. The second kappa shape index (κ2) is 5.82. The fourth-order valence-corrected chi connectivity index (χ4v) is 2.01. The Bertz CT molecular complexity index is 339. The predicted molar refractivity (Wildman–Crippen MR) is 62.7 cm³/mol. The lowest BCUT2D eigenvalue weighted by Gasteiger charge is -2.22. The maximum absolute atomic E-state index is 11.2. The smallest absolute Gasteiger partial charge is 0.327 e. The van der Waals surface area contributed by atoms with E-state index in [-0.39, 0.29) is 12.4 Å². The van der Waals surface area contributed by atoms with Crippen molar-refractivity contribution in [2.24, 2.45) is 0 Å². The SMILES string of the molecule is Cl.O=C(O)C(c1ccccn1)N1CCCC1. The molecule has 2 rings (SSSR count). The fraction of sp³-hybridized carbons (Fsp3) is 0.455. The molecule has 0 aliphatic carbocycles. The number of pyridine rings is 1. The van der Waals surface area contributed by atoms with Crippen molar-refractivity contribution in [2.75, 3.05) is 13.1 Å². The van der Waals surface area contributed by atoms with E-state index in [9.17, 15) is 9.90 Å². The Morgan fingerprint density at radius 1 is 1.38 bits per heavy atom. The number of nitrogens with zero attached hydrogens (tertiary/aromatic N) is 2. The molecule has 0 saturated carbocycles. The Morgan fingerprint density at radius 2 is 2.06 bits per heavy atom. The molecule has 0 amide bonds. The first-order valence-corrected chi connectivity index (χ1v) is 5.17. The number of carboxylic acid groups (broad SMARTS) is 1. The first-order chi connectivity index (χ1) is 7.29. The summed E-state index contributed by atoms with van der Waals surface area (Å²) in [6.45, 7) is 1.71. The zero-order valence-corrected chi connectivity index (χ0v) is 9.69. The van der Waals surface area contributed by atoms with Crippen molar-refractivity contribution in [3.05, 3.63) is 30.1 Å². The van der Waals surface area contributed by atoms with Gasteiger partial charge >= 0.3 is 5.97 Å². The van der Waals surface area contributed by atoms with Crippen molar-refractivity contribution in [1.29, 1.82) is 0 Å². The molecule has 1 saturated heterocycles. The van der Waals surface area contributed by atoms with Gasteiger partial charge in [-0.15, -0.1) is 12.4 Å². The van der Waals surface area contributed by atoms with Crippen molar-refractivity contribution >= 4 is 18.4 Å². The number of likely N-dealkylation sites (tertiary alicyclic amines) is 1. The van der Waals surface area contributed by atoms with Gasteiger partial charge in [-0.3, -0.25) is 14.7 Å². The first-order valence-electron chi connectivity index (χ1n) is 5.17. The second-order valence-electron chi connectivity index (χ2n) is 3.74. The van der Waals surface area contributed by atoms with Crippen LogP contribution in [0, 0.1) is 0 Å². The summed E-state index contributed by atoms with van der Waals surface area (Å²) in [7, 11) is 0. The van der Waals surface area contributed by atoms with Gasteiger partial charge in [-0.1, -0.05) is 6.07 Å². The quantitative estimate of drug-likeness (QED) is 0.877. The van der Waals surface area contributed by atoms with Gasteiger partial charge in [0.1, 0.15) is 0 Å². The standard InChI is InChI=1S/C11H14N2O2.ClH/c14-11(15)10(13-7-3-4-8-13)9-5-1-2-6-12-9;/h1-2,5-6,10H,3-4,7-8H2,(H,14,15);1H. The van der Waals surface area contributed by atoms with E-state index in [1.165, 1.54) is 0 Å². The van der Waals surface area contributed by atoms with Gasteiger partial charge in [-0.25, -0.2) is 0 Å². The van der Waals surface area contributed by atoms with Crippen LogP contribution in [-0.2, 0) is 4.79 Å². The van der Waals surface area contributed by atoms with Gasteiger partial charge in [-0.2, -0.15) is 0 Å². The molecule has 1 aliphatic heterocycles. The molecular weight excluding hydrogens is 228 g/mol. The average molecular weight is 243 g/mol. The highest BCUT2D eigenvalue weighted by Gasteiger charge is 2.30. The van der Waals surface area contributed by atoms with Crippen LogP contribution in [0.3, 0.4) is 0 Å². The van der Waals surface area contributed by atoms with Crippen molar-refractivity contribution in [1.82, 2.24) is 9.88 Å². The van der Waals surface area contributed by atoms with E-state index < -0.39 is 12.0 Å². The van der Waals surface area contributed by atoms with Crippen LogP contribution in [0.5, 0.6) is 0 Å². The van der Waals surface area contributed by atoms with Crippen LogP contribution in [0.2, 0.25) is 0 Å². The largest absolute Gasteiger partial charge is 0.480 e. The Morgan fingerprint density at radius 3 is 2.56 bits per heavy atom. The van der Waals surface area contributed by atoms with E-state index in [2.05, 4.69) is 4.98 Å². The molecule has 0 aromatic carbocycles. The molecule has 1 aromatic rings. The summed E-state index contributed by atoms with van der Waals surface area (Å²) >= 11 is 0. The summed E-state index contributed by atoms with van der Waals surface area (Å²) in [6, 6.07) is 4.83. The second-order valence-corrected chi connectivity index (χ2v) is 3.74. The summed E-state index contributed by atoms with van der Waals surface area (Å²) in [5, 5.41) is 9.21. The normalized spacial score (nSPS) is 17.8. The minimum Gasteiger partial charge on any atom is -0.480 e. The summed E-state index contributed by atoms with van der Waals surface area (Å²) in [4.78, 5) is 17.3. The molecule has 1 aromatic heterocycles. The van der Waals surface area contributed by atoms with E-state index in [0.717, 1.165) is 25.9 Å². The summed E-state index contributed by atoms with van der Waals surface area (Å²) < 4.78 is 0. The zero-order valence-electron chi connectivity index (χ0n) is 8.87. The Labute approximate surface area is 101 Å². The molecule has 1 aliphatic rings. The number of carbonyl (C=O) groups is 1. The molecule has 88 valence electrons. The molecule has 1 N–H and O–H groups in total. The van der Waals surface area contributed by atoms with Gasteiger partial charge in [0.25, 0.3) is 0 Å². The first kappa shape index (κ1) is 12.9. The minimum atomic E-state index is -0.810. The highest BCUT2D eigenvalue weighted by molar-refractivity contribution is 5.85. The van der Waals surface area contributed by atoms with Gasteiger partial charge in [0.2, 0.25) is 0 Å². The van der Waals surface area contributed by atoms with Gasteiger partial charge in [0, 0.05) is 6.20 Å². The number of rotatable bonds is 3. The molecule has 1 unspecified atom stereocenters. The topological polar surface area (TPSA) is 53.4 Å². The Kier molecular flexibility index (Phi) is 4.71. The predicted octanol–water partition coefficient (Wildman–Crippen LogP) is 1.72. The Balaban J connectivity index is 0.00000128. The lowest BCUT2D eigenvalue weighted by molar-refractivity contribution is -0.143. The van der Waals surface area contributed by atoms with Crippen LogP contribution in [0.25, 0.3) is 0 Å². The molecule has 1 atom stereocenters.